The van der Waals surface area contributed by atoms with Gasteiger partial charge in [0.1, 0.15) is 0 Å². The first kappa shape index (κ1) is 21.3. The van der Waals surface area contributed by atoms with E-state index in [1.165, 1.54) is 25.7 Å². The average Bonchev–Trinajstić information content (AvgIpc) is 3.23. The van der Waals surface area contributed by atoms with Crippen LogP contribution in [0.2, 0.25) is 0 Å². The fourth-order valence-electron chi connectivity index (χ4n) is 4.47. The molecule has 2 fully saturated rings. The molecule has 6 nitrogen and oxygen atoms in total. The summed E-state index contributed by atoms with van der Waals surface area (Å²) >= 11 is 0. The molecule has 0 bridgehead atoms. The zero-order valence-corrected chi connectivity index (χ0v) is 17.7. The minimum absolute atomic E-state index is 0.0125. The summed E-state index contributed by atoms with van der Waals surface area (Å²) in [5, 5.41) is 2.73. The van der Waals surface area contributed by atoms with Crippen LogP contribution in [0.25, 0.3) is 0 Å². The summed E-state index contributed by atoms with van der Waals surface area (Å²) in [7, 11) is 0. The van der Waals surface area contributed by atoms with Crippen molar-refractivity contribution in [1.82, 2.24) is 15.1 Å². The van der Waals surface area contributed by atoms with Gasteiger partial charge in [-0.15, -0.1) is 0 Å². The summed E-state index contributed by atoms with van der Waals surface area (Å²) in [6.07, 6.45) is 6.78. The lowest BCUT2D eigenvalue weighted by Gasteiger charge is -2.35. The molecule has 1 saturated heterocycles. The Morgan fingerprint density at radius 1 is 0.897 bits per heavy atom. The molecule has 0 aromatic heterocycles. The Hall–Kier alpha value is -2.37. The first-order valence-corrected chi connectivity index (χ1v) is 10.8. The highest BCUT2D eigenvalue weighted by atomic mass is 16.2. The van der Waals surface area contributed by atoms with Crippen LogP contribution in [-0.4, -0.2) is 60.2 Å². The Labute approximate surface area is 173 Å². The van der Waals surface area contributed by atoms with E-state index in [1.54, 1.807) is 4.90 Å². The summed E-state index contributed by atoms with van der Waals surface area (Å²) in [5.74, 6) is 0.612. The number of hydrogen-bond donors (Lipinski definition) is 1. The van der Waals surface area contributed by atoms with Crippen molar-refractivity contribution >= 4 is 17.7 Å². The van der Waals surface area contributed by atoms with Gasteiger partial charge >= 0.3 is 0 Å². The van der Waals surface area contributed by atoms with Gasteiger partial charge < -0.3 is 15.1 Å². The zero-order chi connectivity index (χ0) is 20.8. The van der Waals surface area contributed by atoms with E-state index in [0.29, 0.717) is 38.2 Å². The highest BCUT2D eigenvalue weighted by Crippen LogP contribution is 2.28. The number of piperazine rings is 1. The van der Waals surface area contributed by atoms with Crippen molar-refractivity contribution in [3.8, 4) is 0 Å². The number of carbonyl (C=O) groups is 3. The molecule has 1 saturated carbocycles. The fourth-order valence-corrected chi connectivity index (χ4v) is 4.47. The van der Waals surface area contributed by atoms with E-state index >= 15 is 0 Å². The molecular weight excluding hydrogens is 366 g/mol. The monoisotopic (exact) mass is 399 g/mol. The summed E-state index contributed by atoms with van der Waals surface area (Å²) < 4.78 is 0. The number of amides is 3. The van der Waals surface area contributed by atoms with E-state index in [1.807, 2.05) is 36.9 Å². The first-order valence-electron chi connectivity index (χ1n) is 10.8. The maximum absolute atomic E-state index is 12.5. The van der Waals surface area contributed by atoms with Crippen LogP contribution in [0.5, 0.6) is 0 Å². The van der Waals surface area contributed by atoms with Crippen LogP contribution in [0.3, 0.4) is 0 Å². The van der Waals surface area contributed by atoms with Crippen LogP contribution in [0.1, 0.15) is 60.0 Å². The van der Waals surface area contributed by atoms with Crippen molar-refractivity contribution in [3.05, 3.63) is 34.9 Å². The van der Waals surface area contributed by atoms with Gasteiger partial charge in [-0.2, -0.15) is 0 Å². The summed E-state index contributed by atoms with van der Waals surface area (Å²) in [6.45, 7) is 6.12. The first-order chi connectivity index (χ1) is 13.9. The lowest BCUT2D eigenvalue weighted by molar-refractivity contribution is -0.139. The van der Waals surface area contributed by atoms with E-state index in [-0.39, 0.29) is 24.3 Å². The quantitative estimate of drug-likeness (QED) is 0.800. The molecule has 29 heavy (non-hydrogen) atoms. The molecule has 0 radical (unpaired) electrons. The number of nitrogens with one attached hydrogen (secondary N) is 1. The number of benzene rings is 1. The molecule has 0 unspecified atom stereocenters. The Balaban J connectivity index is 1.39. The minimum Gasteiger partial charge on any atom is -0.343 e. The van der Waals surface area contributed by atoms with Gasteiger partial charge in [-0.1, -0.05) is 42.9 Å². The lowest BCUT2D eigenvalue weighted by atomic mass is 10.0. The van der Waals surface area contributed by atoms with Gasteiger partial charge in [-0.05, 0) is 38.3 Å². The van der Waals surface area contributed by atoms with Gasteiger partial charge in [0, 0.05) is 38.2 Å². The van der Waals surface area contributed by atoms with Gasteiger partial charge in [0.15, 0.2) is 0 Å². The predicted molar refractivity (Wildman–Crippen MR) is 113 cm³/mol. The molecule has 1 heterocycles. The third-order valence-electron chi connectivity index (χ3n) is 6.11. The molecule has 2 aliphatic rings. The lowest BCUT2D eigenvalue weighted by Crippen LogP contribution is -2.52. The topological polar surface area (TPSA) is 69.7 Å². The molecule has 0 spiro atoms. The molecule has 1 aromatic rings. The summed E-state index contributed by atoms with van der Waals surface area (Å²) in [4.78, 5) is 40.8. The third-order valence-corrected chi connectivity index (χ3v) is 6.11. The Morgan fingerprint density at radius 2 is 1.45 bits per heavy atom. The van der Waals surface area contributed by atoms with Crippen molar-refractivity contribution in [1.29, 1.82) is 0 Å². The largest absolute Gasteiger partial charge is 0.343 e. The minimum atomic E-state index is -0.231. The smallest absolute Gasteiger partial charge is 0.251 e. The normalized spacial score (nSPS) is 17.4. The maximum Gasteiger partial charge on any atom is 0.251 e. The van der Waals surface area contributed by atoms with Crippen LogP contribution in [-0.2, 0) is 9.59 Å². The van der Waals surface area contributed by atoms with Crippen molar-refractivity contribution in [2.75, 3.05) is 32.7 Å². The van der Waals surface area contributed by atoms with E-state index in [4.69, 9.17) is 0 Å². The number of nitrogens with zero attached hydrogens (tertiary/aromatic N) is 2. The van der Waals surface area contributed by atoms with Gasteiger partial charge in [-0.25, -0.2) is 0 Å². The van der Waals surface area contributed by atoms with Crippen LogP contribution < -0.4 is 5.32 Å². The van der Waals surface area contributed by atoms with E-state index in [0.717, 1.165) is 23.5 Å². The maximum atomic E-state index is 12.5. The van der Waals surface area contributed by atoms with E-state index in [9.17, 15) is 14.4 Å². The van der Waals surface area contributed by atoms with E-state index < -0.39 is 0 Å². The number of hydrogen-bond acceptors (Lipinski definition) is 3. The fraction of sp³-hybridized carbons (Fsp3) is 0.609. The number of rotatable bonds is 6. The average molecular weight is 400 g/mol. The molecular formula is C23H33N3O3. The molecule has 3 amide bonds. The third kappa shape index (κ3) is 6.05. The second-order valence-corrected chi connectivity index (χ2v) is 8.51. The Kier molecular flexibility index (Phi) is 7.29. The van der Waals surface area contributed by atoms with Crippen molar-refractivity contribution in [3.63, 3.8) is 0 Å². The van der Waals surface area contributed by atoms with Gasteiger partial charge in [-0.3, -0.25) is 14.4 Å². The van der Waals surface area contributed by atoms with Gasteiger partial charge in [0.25, 0.3) is 5.91 Å². The predicted octanol–water partition coefficient (Wildman–Crippen LogP) is 2.67. The molecule has 1 aliphatic carbocycles. The SMILES string of the molecule is Cc1cc(C)cc(C(=O)NCC(=O)N2CCN(C(=O)CCC3CCCC3)CC2)c1. The highest BCUT2D eigenvalue weighted by Gasteiger charge is 2.25. The van der Waals surface area contributed by atoms with Crippen LogP contribution in [0, 0.1) is 19.8 Å². The second kappa shape index (κ2) is 9.90. The number of carbonyl (C=O) groups excluding carboxylic acids is 3. The van der Waals surface area contributed by atoms with Crippen molar-refractivity contribution < 1.29 is 14.4 Å². The van der Waals surface area contributed by atoms with Crippen molar-refractivity contribution in [2.45, 2.75) is 52.4 Å². The van der Waals surface area contributed by atoms with Crippen LogP contribution >= 0.6 is 0 Å². The highest BCUT2D eigenvalue weighted by molar-refractivity contribution is 5.96. The van der Waals surface area contributed by atoms with E-state index in [2.05, 4.69) is 5.32 Å². The second-order valence-electron chi connectivity index (χ2n) is 8.51. The summed E-state index contributed by atoms with van der Waals surface area (Å²) in [6, 6.07) is 5.65. The van der Waals surface area contributed by atoms with Crippen LogP contribution in [0.15, 0.2) is 18.2 Å². The Bertz CT molecular complexity index is 727. The molecule has 158 valence electrons. The van der Waals surface area contributed by atoms with Crippen molar-refractivity contribution in [2.24, 2.45) is 5.92 Å². The van der Waals surface area contributed by atoms with Gasteiger partial charge in [0.05, 0.1) is 6.54 Å². The molecule has 3 rings (SSSR count). The zero-order valence-electron chi connectivity index (χ0n) is 17.7. The molecule has 1 aliphatic heterocycles. The molecule has 6 heteroatoms. The summed E-state index contributed by atoms with van der Waals surface area (Å²) in [5.41, 5.74) is 2.62. The number of aryl methyl sites for hydroxylation is 2. The van der Waals surface area contributed by atoms with Gasteiger partial charge in [0.2, 0.25) is 11.8 Å². The molecule has 1 aromatic carbocycles. The standard InChI is InChI=1S/C23H33N3O3/c1-17-13-18(2)15-20(14-17)23(29)24-16-22(28)26-11-9-25(10-12-26)21(27)8-7-19-5-3-4-6-19/h13-15,19H,3-12,16H2,1-2H3,(H,24,29). The molecule has 0 atom stereocenters. The molecule has 1 N–H and O–H groups in total. The Morgan fingerprint density at radius 3 is 2.03 bits per heavy atom. The van der Waals surface area contributed by atoms with Crippen LogP contribution in [0.4, 0.5) is 0 Å².